The van der Waals surface area contributed by atoms with Crippen LogP contribution in [0.5, 0.6) is 5.75 Å². The molecule has 9 nitrogen and oxygen atoms in total. The highest BCUT2D eigenvalue weighted by Gasteiger charge is 2.25. The van der Waals surface area contributed by atoms with Crippen molar-refractivity contribution in [3.05, 3.63) is 105 Å². The molecule has 3 heterocycles. The molecule has 0 saturated carbocycles. The second-order valence-electron chi connectivity index (χ2n) is 8.13. The maximum absolute atomic E-state index is 13.4. The summed E-state index contributed by atoms with van der Waals surface area (Å²) >= 11 is 0. The van der Waals surface area contributed by atoms with Gasteiger partial charge in [-0.15, -0.1) is 0 Å². The van der Waals surface area contributed by atoms with E-state index in [0.29, 0.717) is 22.4 Å². The third-order valence-corrected chi connectivity index (χ3v) is 5.85. The summed E-state index contributed by atoms with van der Waals surface area (Å²) in [6.07, 6.45) is 3.77. The Morgan fingerprint density at radius 2 is 1.89 bits per heavy atom. The molecule has 2 aromatic carbocycles. The number of pyridine rings is 1. The van der Waals surface area contributed by atoms with Crippen LogP contribution in [0.4, 0.5) is 5.69 Å². The Bertz CT molecular complexity index is 1680. The molecule has 0 aliphatic heterocycles. The van der Waals surface area contributed by atoms with Gasteiger partial charge in [-0.1, -0.05) is 12.1 Å². The lowest BCUT2D eigenvalue weighted by molar-refractivity contribution is -0.510. The van der Waals surface area contributed by atoms with Crippen LogP contribution in [0.25, 0.3) is 27.9 Å². The highest BCUT2D eigenvalue weighted by molar-refractivity contribution is 5.99. The van der Waals surface area contributed by atoms with Crippen LogP contribution in [-0.4, -0.2) is 22.4 Å². The summed E-state index contributed by atoms with van der Waals surface area (Å²) in [7, 11) is 1.48. The largest absolute Gasteiger partial charge is 0.493 e. The summed E-state index contributed by atoms with van der Waals surface area (Å²) in [4.78, 5) is 36.7. The second kappa shape index (κ2) is 8.53. The van der Waals surface area contributed by atoms with E-state index in [1.54, 1.807) is 34.9 Å². The van der Waals surface area contributed by atoms with Crippen LogP contribution >= 0.6 is 0 Å². The zero-order chi connectivity index (χ0) is 24.7. The molecule has 5 aromatic rings. The Hall–Kier alpha value is -4.79. The maximum Gasteiger partial charge on any atom is 0.347 e. The van der Waals surface area contributed by atoms with E-state index in [0.717, 1.165) is 11.2 Å². The molecule has 0 atom stereocenters. The molecule has 0 saturated heterocycles. The smallest absolute Gasteiger partial charge is 0.347 e. The number of nitro groups is 1. The summed E-state index contributed by atoms with van der Waals surface area (Å²) in [5, 5.41) is 11.6. The van der Waals surface area contributed by atoms with Crippen molar-refractivity contribution in [2.75, 3.05) is 7.11 Å². The number of hydrogen-bond acceptors (Lipinski definition) is 6. The number of rotatable bonds is 6. The molecule has 3 aromatic heterocycles. The van der Waals surface area contributed by atoms with E-state index in [9.17, 15) is 19.7 Å². The zero-order valence-electron chi connectivity index (χ0n) is 18.9. The Morgan fingerprint density at radius 1 is 1.11 bits per heavy atom. The minimum Gasteiger partial charge on any atom is -0.493 e. The first kappa shape index (κ1) is 22.0. The van der Waals surface area contributed by atoms with E-state index in [-0.39, 0.29) is 23.4 Å². The normalized spacial score (nSPS) is 11.1. The fourth-order valence-electron chi connectivity index (χ4n) is 4.13. The average Bonchev–Trinajstić information content (AvgIpc) is 3.20. The van der Waals surface area contributed by atoms with E-state index >= 15 is 0 Å². The van der Waals surface area contributed by atoms with Crippen LogP contribution in [0.2, 0.25) is 0 Å². The molecule has 174 valence electrons. The monoisotopic (exact) mass is 470 g/mol. The number of nitrogens with zero attached hydrogens (tertiary/aromatic N) is 3. The third kappa shape index (κ3) is 3.93. The van der Waals surface area contributed by atoms with E-state index in [1.165, 1.54) is 25.3 Å². The molecule has 0 aliphatic rings. The molecule has 5 rings (SSSR count). The number of non-ortho nitro benzene ring substituents is 1. The summed E-state index contributed by atoms with van der Waals surface area (Å²) in [5.74, 6) is -0.0208. The summed E-state index contributed by atoms with van der Waals surface area (Å²) < 4.78 is 14.3. The number of fused-ring (bicyclic) bond motifs is 2. The number of carbonyl (C=O) groups excluding carboxylic acids is 1. The number of nitro benzene ring substituents is 1. The molecule has 0 unspecified atom stereocenters. The first-order valence-corrected chi connectivity index (χ1v) is 10.8. The van der Waals surface area contributed by atoms with Crippen LogP contribution in [0, 0.1) is 17.0 Å². The molecule has 9 heteroatoms. The van der Waals surface area contributed by atoms with Crippen molar-refractivity contribution < 1.29 is 23.3 Å². The molecular weight excluding hydrogens is 450 g/mol. The summed E-state index contributed by atoms with van der Waals surface area (Å²) in [6, 6.07) is 16.6. The van der Waals surface area contributed by atoms with Crippen molar-refractivity contribution in [2.24, 2.45) is 0 Å². The SMILES string of the molecule is COc1cccc2cc(C(=O)Cn3c(-c4ccc([N+](=O)[O-])cc4)c[n+]4cc(C)ccc34)c(=O)oc12. The molecule has 0 bridgehead atoms. The molecule has 0 spiro atoms. The summed E-state index contributed by atoms with van der Waals surface area (Å²) in [5.41, 5.74) is 2.55. The number of aromatic nitrogens is 2. The maximum atomic E-state index is 13.4. The summed E-state index contributed by atoms with van der Waals surface area (Å²) in [6.45, 7) is 1.82. The number of carbonyl (C=O) groups is 1. The Morgan fingerprint density at radius 3 is 2.60 bits per heavy atom. The van der Waals surface area contributed by atoms with Gasteiger partial charge in [0.15, 0.2) is 23.6 Å². The predicted octanol–water partition coefficient (Wildman–Crippen LogP) is 4.11. The minimum absolute atomic E-state index is 0.0276. The Balaban J connectivity index is 1.61. The highest BCUT2D eigenvalue weighted by atomic mass is 16.6. The van der Waals surface area contributed by atoms with Crippen LogP contribution in [0.15, 0.2) is 82.3 Å². The number of hydrogen-bond donors (Lipinski definition) is 0. The van der Waals surface area contributed by atoms with Gasteiger partial charge in [-0.25, -0.2) is 13.8 Å². The molecule has 0 fully saturated rings. The number of benzene rings is 2. The minimum atomic E-state index is -0.746. The lowest BCUT2D eigenvalue weighted by atomic mass is 10.1. The average molecular weight is 470 g/mol. The zero-order valence-corrected chi connectivity index (χ0v) is 18.9. The Kier molecular flexibility index (Phi) is 5.37. The van der Waals surface area contributed by atoms with Crippen LogP contribution in [0.3, 0.4) is 0 Å². The lowest BCUT2D eigenvalue weighted by Crippen LogP contribution is -2.22. The molecule has 0 radical (unpaired) electrons. The van der Waals surface area contributed by atoms with Crippen molar-refractivity contribution in [1.29, 1.82) is 0 Å². The second-order valence-corrected chi connectivity index (χ2v) is 8.13. The fourth-order valence-corrected chi connectivity index (χ4v) is 4.13. The van der Waals surface area contributed by atoms with Crippen molar-refractivity contribution >= 4 is 28.1 Å². The van der Waals surface area contributed by atoms with Gasteiger partial charge >= 0.3 is 5.63 Å². The highest BCUT2D eigenvalue weighted by Crippen LogP contribution is 2.26. The number of ketones is 1. The van der Waals surface area contributed by atoms with Gasteiger partial charge in [-0.05, 0) is 42.8 Å². The van der Waals surface area contributed by atoms with E-state index in [1.807, 2.05) is 35.9 Å². The topological polar surface area (TPSA) is 109 Å². The van der Waals surface area contributed by atoms with Crippen molar-refractivity contribution in [1.82, 2.24) is 4.57 Å². The van der Waals surface area contributed by atoms with Crippen molar-refractivity contribution in [3.63, 3.8) is 0 Å². The van der Waals surface area contributed by atoms with Gasteiger partial charge in [-0.3, -0.25) is 14.9 Å². The molecule has 35 heavy (non-hydrogen) atoms. The first-order valence-electron chi connectivity index (χ1n) is 10.8. The number of Topliss-reactive ketones (excluding diaryl/α,β-unsaturated/α-hetero) is 1. The molecule has 0 aliphatic carbocycles. The number of para-hydroxylation sites is 1. The molecule has 0 N–H and O–H groups in total. The van der Waals surface area contributed by atoms with Gasteiger partial charge in [-0.2, -0.15) is 0 Å². The molecular formula is C26H20N3O6+. The van der Waals surface area contributed by atoms with Gasteiger partial charge in [0.25, 0.3) is 11.3 Å². The lowest BCUT2D eigenvalue weighted by Gasteiger charge is -2.06. The van der Waals surface area contributed by atoms with E-state index in [2.05, 4.69) is 0 Å². The predicted molar refractivity (Wildman–Crippen MR) is 128 cm³/mol. The van der Waals surface area contributed by atoms with Crippen LogP contribution in [0.1, 0.15) is 15.9 Å². The number of ether oxygens (including phenoxy) is 1. The van der Waals surface area contributed by atoms with Gasteiger partial charge < -0.3 is 9.15 Å². The van der Waals surface area contributed by atoms with Gasteiger partial charge in [0.1, 0.15) is 11.8 Å². The van der Waals surface area contributed by atoms with Crippen molar-refractivity contribution in [3.8, 4) is 17.0 Å². The molecule has 0 amide bonds. The first-order chi connectivity index (χ1) is 16.9. The number of imidazole rings is 1. The van der Waals surface area contributed by atoms with E-state index < -0.39 is 16.3 Å². The van der Waals surface area contributed by atoms with Gasteiger partial charge in [0.2, 0.25) is 5.78 Å². The number of methoxy groups -OCH3 is 1. The number of aryl methyl sites for hydroxylation is 1. The quantitative estimate of drug-likeness (QED) is 0.121. The van der Waals surface area contributed by atoms with Gasteiger partial charge in [0.05, 0.1) is 18.2 Å². The van der Waals surface area contributed by atoms with Crippen LogP contribution in [-0.2, 0) is 6.54 Å². The van der Waals surface area contributed by atoms with Gasteiger partial charge in [0, 0.05) is 29.1 Å². The van der Waals surface area contributed by atoms with Crippen LogP contribution < -0.4 is 14.8 Å². The standard InChI is InChI=1S/C26H20N3O6/c1-16-6-11-24-27(13-16)14-21(17-7-9-19(10-8-17)29(32)33)28(24)15-22(30)20-12-18-4-3-5-23(34-2)25(18)35-26(20)31/h3-14H,15H2,1-2H3/q+1. The van der Waals surface area contributed by atoms with E-state index in [4.69, 9.17) is 9.15 Å². The Labute approximate surface area is 198 Å². The van der Waals surface area contributed by atoms with Crippen molar-refractivity contribution in [2.45, 2.75) is 13.5 Å². The fraction of sp³-hybridized carbons (Fsp3) is 0.115. The third-order valence-electron chi connectivity index (χ3n) is 5.85.